The Kier molecular flexibility index (Phi) is 4.39. The fourth-order valence-electron chi connectivity index (χ4n) is 1.07. The minimum absolute atomic E-state index is 0.235. The van der Waals surface area contributed by atoms with Crippen LogP contribution in [0.5, 0.6) is 0 Å². The number of rotatable bonds is 4. The standard InChI is InChI=1S/C9H20O3S/c1-8(13(10,11)12)6-5-7-9(2,3)4/h8H,5-7H2,1-4H3,(H,10,11,12). The summed E-state index contributed by atoms with van der Waals surface area (Å²) in [5.74, 6) is 0. The molecule has 0 fully saturated rings. The van der Waals surface area contributed by atoms with Gasteiger partial charge in [-0.1, -0.05) is 27.2 Å². The van der Waals surface area contributed by atoms with Gasteiger partial charge in [0.05, 0.1) is 5.25 Å². The maximum atomic E-state index is 10.6. The van der Waals surface area contributed by atoms with Crippen LogP contribution < -0.4 is 0 Å². The lowest BCUT2D eigenvalue weighted by molar-refractivity contribution is 0.357. The second kappa shape index (κ2) is 4.42. The predicted octanol–water partition coefficient (Wildman–Crippen LogP) is 2.48. The molecule has 1 N–H and O–H groups in total. The third kappa shape index (κ3) is 7.02. The van der Waals surface area contributed by atoms with Gasteiger partial charge in [0.1, 0.15) is 0 Å². The molecule has 0 heterocycles. The van der Waals surface area contributed by atoms with Gasteiger partial charge in [-0.15, -0.1) is 0 Å². The molecular formula is C9H20O3S. The summed E-state index contributed by atoms with van der Waals surface area (Å²) in [6.07, 6.45) is 2.35. The quantitative estimate of drug-likeness (QED) is 0.722. The molecule has 4 heteroatoms. The summed E-state index contributed by atoms with van der Waals surface area (Å²) < 4.78 is 30.0. The molecule has 0 saturated heterocycles. The number of hydrogen-bond acceptors (Lipinski definition) is 2. The van der Waals surface area contributed by atoms with Gasteiger partial charge < -0.3 is 0 Å². The Bertz CT molecular complexity index is 236. The summed E-state index contributed by atoms with van der Waals surface area (Å²) in [5.41, 5.74) is 0.235. The largest absolute Gasteiger partial charge is 0.285 e. The molecule has 1 atom stereocenters. The van der Waals surface area contributed by atoms with Crippen molar-refractivity contribution in [3.63, 3.8) is 0 Å². The SMILES string of the molecule is CC(CCCC(C)(C)C)S(=O)(=O)O. The lowest BCUT2D eigenvalue weighted by Crippen LogP contribution is -2.17. The molecule has 80 valence electrons. The van der Waals surface area contributed by atoms with Crippen LogP contribution in [-0.4, -0.2) is 18.2 Å². The van der Waals surface area contributed by atoms with Crippen LogP contribution in [0.2, 0.25) is 0 Å². The third-order valence-corrected chi connectivity index (χ3v) is 3.30. The van der Waals surface area contributed by atoms with E-state index < -0.39 is 15.4 Å². The van der Waals surface area contributed by atoms with E-state index in [-0.39, 0.29) is 5.41 Å². The highest BCUT2D eigenvalue weighted by Gasteiger charge is 2.18. The zero-order chi connectivity index (χ0) is 10.7. The van der Waals surface area contributed by atoms with Crippen molar-refractivity contribution in [2.45, 2.75) is 52.2 Å². The lowest BCUT2D eigenvalue weighted by atomic mass is 9.89. The van der Waals surface area contributed by atoms with E-state index in [9.17, 15) is 8.42 Å². The summed E-state index contributed by atoms with van der Waals surface area (Å²) in [5, 5.41) is -0.630. The minimum Gasteiger partial charge on any atom is -0.285 e. The molecule has 0 aromatic carbocycles. The van der Waals surface area contributed by atoms with E-state index in [1.807, 2.05) is 0 Å². The third-order valence-electron chi connectivity index (χ3n) is 2.05. The lowest BCUT2D eigenvalue weighted by Gasteiger charge is -2.18. The molecule has 0 aliphatic heterocycles. The van der Waals surface area contributed by atoms with Gasteiger partial charge in [0.25, 0.3) is 10.1 Å². The van der Waals surface area contributed by atoms with Crippen LogP contribution >= 0.6 is 0 Å². The van der Waals surface area contributed by atoms with Crippen molar-refractivity contribution in [3.8, 4) is 0 Å². The van der Waals surface area contributed by atoms with Crippen LogP contribution in [0.25, 0.3) is 0 Å². The monoisotopic (exact) mass is 208 g/mol. The minimum atomic E-state index is -3.82. The Labute approximate surface area is 81.3 Å². The Hall–Kier alpha value is -0.0900. The summed E-state index contributed by atoms with van der Waals surface area (Å²) in [6.45, 7) is 7.89. The first-order valence-corrected chi connectivity index (χ1v) is 6.09. The second-order valence-corrected chi connectivity index (χ2v) is 6.61. The van der Waals surface area contributed by atoms with Crippen molar-refractivity contribution >= 4 is 10.1 Å². The van der Waals surface area contributed by atoms with Crippen LogP contribution in [0.15, 0.2) is 0 Å². The molecule has 0 bridgehead atoms. The molecule has 0 amide bonds. The molecule has 0 radical (unpaired) electrons. The summed E-state index contributed by atoms with van der Waals surface area (Å²) in [4.78, 5) is 0. The first-order chi connectivity index (χ1) is 5.63. The predicted molar refractivity (Wildman–Crippen MR) is 54.3 cm³/mol. The fraction of sp³-hybridized carbons (Fsp3) is 1.00. The Morgan fingerprint density at radius 2 is 1.77 bits per heavy atom. The zero-order valence-electron chi connectivity index (χ0n) is 8.87. The van der Waals surface area contributed by atoms with Gasteiger partial charge in [0.2, 0.25) is 0 Å². The summed E-state index contributed by atoms with van der Waals surface area (Å²) in [6, 6.07) is 0. The van der Waals surface area contributed by atoms with Crippen molar-refractivity contribution in [2.24, 2.45) is 5.41 Å². The molecular weight excluding hydrogens is 188 g/mol. The highest BCUT2D eigenvalue weighted by atomic mass is 32.2. The van der Waals surface area contributed by atoms with E-state index in [4.69, 9.17) is 4.55 Å². The Morgan fingerprint density at radius 1 is 1.31 bits per heavy atom. The zero-order valence-corrected chi connectivity index (χ0v) is 9.69. The van der Waals surface area contributed by atoms with Crippen molar-refractivity contribution < 1.29 is 13.0 Å². The highest BCUT2D eigenvalue weighted by molar-refractivity contribution is 7.86. The molecule has 0 rings (SSSR count). The highest BCUT2D eigenvalue weighted by Crippen LogP contribution is 2.22. The molecule has 0 spiro atoms. The maximum Gasteiger partial charge on any atom is 0.267 e. The van der Waals surface area contributed by atoms with E-state index in [1.54, 1.807) is 0 Å². The average molecular weight is 208 g/mol. The van der Waals surface area contributed by atoms with E-state index in [0.717, 1.165) is 12.8 Å². The van der Waals surface area contributed by atoms with Crippen LogP contribution in [0.3, 0.4) is 0 Å². The number of hydrogen-bond donors (Lipinski definition) is 1. The normalized spacial score (nSPS) is 15.8. The van der Waals surface area contributed by atoms with Crippen molar-refractivity contribution in [2.75, 3.05) is 0 Å². The van der Waals surface area contributed by atoms with E-state index >= 15 is 0 Å². The van der Waals surface area contributed by atoms with Crippen LogP contribution in [0, 0.1) is 5.41 Å². The Morgan fingerprint density at radius 3 is 2.08 bits per heavy atom. The van der Waals surface area contributed by atoms with Gasteiger partial charge in [-0.25, -0.2) is 0 Å². The van der Waals surface area contributed by atoms with E-state index in [0.29, 0.717) is 6.42 Å². The summed E-state index contributed by atoms with van der Waals surface area (Å²) >= 11 is 0. The molecule has 0 aliphatic rings. The molecule has 3 nitrogen and oxygen atoms in total. The fourth-order valence-corrected chi connectivity index (χ4v) is 1.53. The first-order valence-electron chi connectivity index (χ1n) is 4.59. The Balaban J connectivity index is 3.80. The molecule has 0 saturated carbocycles. The topological polar surface area (TPSA) is 54.4 Å². The van der Waals surface area contributed by atoms with Crippen molar-refractivity contribution in [3.05, 3.63) is 0 Å². The van der Waals surface area contributed by atoms with Crippen LogP contribution in [-0.2, 0) is 10.1 Å². The van der Waals surface area contributed by atoms with Gasteiger partial charge in [-0.3, -0.25) is 4.55 Å². The molecule has 13 heavy (non-hydrogen) atoms. The molecule has 0 aromatic rings. The van der Waals surface area contributed by atoms with Gasteiger partial charge in [-0.05, 0) is 25.2 Å². The van der Waals surface area contributed by atoms with Crippen molar-refractivity contribution in [1.29, 1.82) is 0 Å². The average Bonchev–Trinajstić information content (AvgIpc) is 1.82. The molecule has 0 aliphatic carbocycles. The second-order valence-electron chi connectivity index (χ2n) is 4.78. The summed E-state index contributed by atoms with van der Waals surface area (Å²) in [7, 11) is -3.82. The van der Waals surface area contributed by atoms with Gasteiger partial charge in [0, 0.05) is 0 Å². The van der Waals surface area contributed by atoms with E-state index in [1.165, 1.54) is 6.92 Å². The van der Waals surface area contributed by atoms with Crippen LogP contribution in [0.1, 0.15) is 47.0 Å². The van der Waals surface area contributed by atoms with Gasteiger partial charge in [0.15, 0.2) is 0 Å². The smallest absolute Gasteiger partial charge is 0.267 e. The maximum absolute atomic E-state index is 10.6. The van der Waals surface area contributed by atoms with E-state index in [2.05, 4.69) is 20.8 Å². The first kappa shape index (κ1) is 12.9. The van der Waals surface area contributed by atoms with Gasteiger partial charge >= 0.3 is 0 Å². The molecule has 0 aromatic heterocycles. The van der Waals surface area contributed by atoms with Gasteiger partial charge in [-0.2, -0.15) is 8.42 Å². The molecule has 1 unspecified atom stereocenters. The van der Waals surface area contributed by atoms with Crippen LogP contribution in [0.4, 0.5) is 0 Å². The van der Waals surface area contributed by atoms with Crippen molar-refractivity contribution in [1.82, 2.24) is 0 Å².